The molecule has 5 heteroatoms. The first kappa shape index (κ1) is 16.1. The first-order chi connectivity index (χ1) is 10.0. The lowest BCUT2D eigenvalue weighted by Crippen LogP contribution is -2.54. The fraction of sp³-hybridized carbons (Fsp3) is 0.562. The Morgan fingerprint density at radius 1 is 1.48 bits per heavy atom. The predicted octanol–water partition coefficient (Wildman–Crippen LogP) is 2.41. The highest BCUT2D eigenvalue weighted by molar-refractivity contribution is 6.33. The summed E-state index contributed by atoms with van der Waals surface area (Å²) in [6.07, 6.45) is 0. The van der Waals surface area contributed by atoms with E-state index < -0.39 is 0 Å². The summed E-state index contributed by atoms with van der Waals surface area (Å²) in [4.78, 5) is 14.0. The summed E-state index contributed by atoms with van der Waals surface area (Å²) in [6.45, 7) is 9.46. The van der Waals surface area contributed by atoms with Crippen LogP contribution in [0.1, 0.15) is 26.3 Å². The molecule has 1 amide bonds. The zero-order chi connectivity index (χ0) is 15.4. The predicted molar refractivity (Wildman–Crippen MR) is 87.8 cm³/mol. The van der Waals surface area contributed by atoms with Crippen LogP contribution >= 0.6 is 11.6 Å². The zero-order valence-electron chi connectivity index (χ0n) is 12.9. The maximum absolute atomic E-state index is 11.9. The summed E-state index contributed by atoms with van der Waals surface area (Å²) in [5, 5.41) is 7.05. The smallest absolute Gasteiger partial charge is 0.242 e. The zero-order valence-corrected chi connectivity index (χ0v) is 13.7. The van der Waals surface area contributed by atoms with Crippen molar-refractivity contribution < 1.29 is 4.79 Å². The Bertz CT molecular complexity index is 504. The molecule has 0 bridgehead atoms. The SMILES string of the molecule is CC(C)CNCc1cccc(Cl)c1N1CCNC(=O)C1C. The molecule has 0 aliphatic carbocycles. The van der Waals surface area contributed by atoms with Gasteiger partial charge in [0.2, 0.25) is 5.91 Å². The van der Waals surface area contributed by atoms with Gasteiger partial charge in [-0.05, 0) is 31.0 Å². The van der Waals surface area contributed by atoms with Crippen LogP contribution < -0.4 is 15.5 Å². The quantitative estimate of drug-likeness (QED) is 0.878. The number of para-hydroxylation sites is 1. The third kappa shape index (κ3) is 3.89. The lowest BCUT2D eigenvalue weighted by atomic mass is 10.1. The molecule has 1 aromatic carbocycles. The number of benzene rings is 1. The fourth-order valence-electron chi connectivity index (χ4n) is 2.61. The Labute approximate surface area is 131 Å². The number of nitrogens with one attached hydrogen (secondary N) is 2. The van der Waals surface area contributed by atoms with Gasteiger partial charge in [-0.3, -0.25) is 4.79 Å². The summed E-state index contributed by atoms with van der Waals surface area (Å²) in [5.74, 6) is 0.662. The molecule has 1 aliphatic rings. The van der Waals surface area contributed by atoms with Crippen LogP contribution in [0.3, 0.4) is 0 Å². The van der Waals surface area contributed by atoms with Crippen molar-refractivity contribution in [1.29, 1.82) is 0 Å². The molecule has 2 rings (SSSR count). The highest BCUT2D eigenvalue weighted by Gasteiger charge is 2.28. The van der Waals surface area contributed by atoms with Gasteiger partial charge >= 0.3 is 0 Å². The van der Waals surface area contributed by atoms with Gasteiger partial charge in [-0.1, -0.05) is 37.6 Å². The Kier molecular flexibility index (Phi) is 5.48. The Hall–Kier alpha value is -1.26. The van der Waals surface area contributed by atoms with E-state index in [0.717, 1.165) is 30.9 Å². The third-order valence-electron chi connectivity index (χ3n) is 3.72. The molecule has 1 aromatic rings. The molecule has 116 valence electrons. The molecule has 1 unspecified atom stereocenters. The maximum atomic E-state index is 11.9. The van der Waals surface area contributed by atoms with Crippen LogP contribution in [0.15, 0.2) is 18.2 Å². The lowest BCUT2D eigenvalue weighted by molar-refractivity contribution is -0.122. The summed E-state index contributed by atoms with van der Waals surface area (Å²) in [7, 11) is 0. The molecule has 1 atom stereocenters. The molecule has 1 aliphatic heterocycles. The molecule has 1 saturated heterocycles. The molecule has 2 N–H and O–H groups in total. The first-order valence-electron chi connectivity index (χ1n) is 7.53. The molecule has 1 heterocycles. The number of piperazine rings is 1. The number of rotatable bonds is 5. The average Bonchev–Trinajstić information content (AvgIpc) is 2.42. The lowest BCUT2D eigenvalue weighted by Gasteiger charge is -2.36. The van der Waals surface area contributed by atoms with Crippen molar-refractivity contribution in [3.8, 4) is 0 Å². The Morgan fingerprint density at radius 2 is 2.24 bits per heavy atom. The highest BCUT2D eigenvalue weighted by Crippen LogP contribution is 2.32. The number of halogens is 1. The molecule has 0 saturated carbocycles. The number of carbonyl (C=O) groups excluding carboxylic acids is 1. The number of nitrogens with zero attached hydrogens (tertiary/aromatic N) is 1. The second-order valence-electron chi connectivity index (χ2n) is 5.93. The number of anilines is 1. The minimum atomic E-state index is -0.192. The van der Waals surface area contributed by atoms with Crippen molar-refractivity contribution >= 4 is 23.2 Å². The molecular weight excluding hydrogens is 286 g/mol. The van der Waals surface area contributed by atoms with Crippen LogP contribution in [-0.2, 0) is 11.3 Å². The minimum Gasteiger partial charge on any atom is -0.357 e. The van der Waals surface area contributed by atoms with E-state index in [2.05, 4.69) is 35.4 Å². The minimum absolute atomic E-state index is 0.0576. The van der Waals surface area contributed by atoms with Crippen molar-refractivity contribution in [3.63, 3.8) is 0 Å². The van der Waals surface area contributed by atoms with Crippen molar-refractivity contribution in [2.75, 3.05) is 24.5 Å². The van der Waals surface area contributed by atoms with Gasteiger partial charge in [0.1, 0.15) is 6.04 Å². The van der Waals surface area contributed by atoms with Crippen molar-refractivity contribution in [2.45, 2.75) is 33.4 Å². The highest BCUT2D eigenvalue weighted by atomic mass is 35.5. The number of hydrogen-bond acceptors (Lipinski definition) is 3. The summed E-state index contributed by atoms with van der Waals surface area (Å²) < 4.78 is 0. The molecule has 1 fully saturated rings. The molecule has 0 aromatic heterocycles. The van der Waals surface area contributed by atoms with E-state index in [1.807, 2.05) is 19.1 Å². The van der Waals surface area contributed by atoms with Crippen LogP contribution in [0.5, 0.6) is 0 Å². The van der Waals surface area contributed by atoms with Crippen LogP contribution in [-0.4, -0.2) is 31.6 Å². The largest absolute Gasteiger partial charge is 0.357 e. The molecule has 0 spiro atoms. The van der Waals surface area contributed by atoms with Gasteiger partial charge < -0.3 is 15.5 Å². The monoisotopic (exact) mass is 309 g/mol. The van der Waals surface area contributed by atoms with E-state index in [4.69, 9.17) is 11.6 Å². The first-order valence-corrected chi connectivity index (χ1v) is 7.91. The van der Waals surface area contributed by atoms with Crippen LogP contribution in [0, 0.1) is 5.92 Å². The average molecular weight is 310 g/mol. The van der Waals surface area contributed by atoms with Gasteiger partial charge in [0.05, 0.1) is 10.7 Å². The van der Waals surface area contributed by atoms with Crippen molar-refractivity contribution in [3.05, 3.63) is 28.8 Å². The van der Waals surface area contributed by atoms with E-state index in [1.165, 1.54) is 0 Å². The number of amides is 1. The second-order valence-corrected chi connectivity index (χ2v) is 6.34. The van der Waals surface area contributed by atoms with Crippen molar-refractivity contribution in [1.82, 2.24) is 10.6 Å². The summed E-state index contributed by atoms with van der Waals surface area (Å²) in [5.41, 5.74) is 2.13. The van der Waals surface area contributed by atoms with E-state index in [-0.39, 0.29) is 11.9 Å². The summed E-state index contributed by atoms with van der Waals surface area (Å²) >= 11 is 6.42. The van der Waals surface area contributed by atoms with Gasteiger partial charge in [-0.25, -0.2) is 0 Å². The normalized spacial score (nSPS) is 19.0. The van der Waals surface area contributed by atoms with Gasteiger partial charge in [0.15, 0.2) is 0 Å². The van der Waals surface area contributed by atoms with E-state index in [9.17, 15) is 4.79 Å². The van der Waals surface area contributed by atoms with E-state index in [1.54, 1.807) is 0 Å². The van der Waals surface area contributed by atoms with Crippen LogP contribution in [0.4, 0.5) is 5.69 Å². The van der Waals surface area contributed by atoms with Crippen LogP contribution in [0.2, 0.25) is 5.02 Å². The van der Waals surface area contributed by atoms with Crippen molar-refractivity contribution in [2.24, 2.45) is 5.92 Å². The summed E-state index contributed by atoms with van der Waals surface area (Å²) in [6, 6.07) is 5.74. The van der Waals surface area contributed by atoms with Gasteiger partial charge in [0.25, 0.3) is 0 Å². The standard InChI is InChI=1S/C16H24ClN3O/c1-11(2)9-18-10-13-5-4-6-14(17)15(13)20-8-7-19-16(21)12(20)3/h4-6,11-12,18H,7-10H2,1-3H3,(H,19,21). The maximum Gasteiger partial charge on any atom is 0.242 e. The molecular formula is C16H24ClN3O. The number of carbonyl (C=O) groups is 1. The van der Waals surface area contributed by atoms with Gasteiger partial charge in [-0.2, -0.15) is 0 Å². The number of hydrogen-bond donors (Lipinski definition) is 2. The van der Waals surface area contributed by atoms with E-state index in [0.29, 0.717) is 17.5 Å². The Morgan fingerprint density at radius 3 is 2.95 bits per heavy atom. The fourth-order valence-corrected chi connectivity index (χ4v) is 2.91. The van der Waals surface area contributed by atoms with Gasteiger partial charge in [0, 0.05) is 19.6 Å². The molecule has 0 radical (unpaired) electrons. The Balaban J connectivity index is 2.22. The molecule has 4 nitrogen and oxygen atoms in total. The van der Waals surface area contributed by atoms with Gasteiger partial charge in [-0.15, -0.1) is 0 Å². The second kappa shape index (κ2) is 7.14. The molecule has 21 heavy (non-hydrogen) atoms. The van der Waals surface area contributed by atoms with Crippen LogP contribution in [0.25, 0.3) is 0 Å². The third-order valence-corrected chi connectivity index (χ3v) is 4.03. The van der Waals surface area contributed by atoms with E-state index >= 15 is 0 Å². The topological polar surface area (TPSA) is 44.4 Å².